The van der Waals surface area contributed by atoms with Crippen molar-refractivity contribution in [2.24, 2.45) is 0 Å². The highest BCUT2D eigenvalue weighted by Gasteiger charge is 1.93. The van der Waals surface area contributed by atoms with Gasteiger partial charge in [-0.25, -0.2) is 0 Å². The zero-order chi connectivity index (χ0) is 10.5. The van der Waals surface area contributed by atoms with Gasteiger partial charge in [0.05, 0.1) is 6.54 Å². The number of hydrogen-bond acceptors (Lipinski definition) is 1. The standard InChI is InChI=1S/C14H13N/c1-2-3-10-15-14-9-8-12-6-4-5-7-13(12)11-14/h4-9,11,15H,10H2,1H3. The molecule has 0 aromatic heterocycles. The summed E-state index contributed by atoms with van der Waals surface area (Å²) >= 11 is 0. The molecule has 1 nitrogen and oxygen atoms in total. The van der Waals surface area contributed by atoms with Gasteiger partial charge in [0.2, 0.25) is 0 Å². The fraction of sp³-hybridized carbons (Fsp3) is 0.143. The van der Waals surface area contributed by atoms with Crippen LogP contribution in [0.2, 0.25) is 0 Å². The van der Waals surface area contributed by atoms with Crippen molar-refractivity contribution in [2.75, 3.05) is 11.9 Å². The Morgan fingerprint density at radius 3 is 2.67 bits per heavy atom. The number of fused-ring (bicyclic) bond motifs is 1. The third-order valence-corrected chi connectivity index (χ3v) is 2.31. The summed E-state index contributed by atoms with van der Waals surface area (Å²) in [7, 11) is 0. The first-order chi connectivity index (χ1) is 7.40. The second kappa shape index (κ2) is 4.52. The van der Waals surface area contributed by atoms with Crippen LogP contribution in [-0.2, 0) is 0 Å². The molecular formula is C14H13N. The molecule has 0 aliphatic carbocycles. The highest BCUT2D eigenvalue weighted by atomic mass is 14.8. The monoisotopic (exact) mass is 195 g/mol. The largest absolute Gasteiger partial charge is 0.374 e. The van der Waals surface area contributed by atoms with Gasteiger partial charge in [-0.15, -0.1) is 5.92 Å². The summed E-state index contributed by atoms with van der Waals surface area (Å²) < 4.78 is 0. The molecule has 0 saturated heterocycles. The van der Waals surface area contributed by atoms with Gasteiger partial charge in [0.15, 0.2) is 0 Å². The number of benzene rings is 2. The lowest BCUT2D eigenvalue weighted by molar-refractivity contribution is 1.38. The van der Waals surface area contributed by atoms with Crippen molar-refractivity contribution in [3.05, 3.63) is 42.5 Å². The van der Waals surface area contributed by atoms with Crippen molar-refractivity contribution in [1.82, 2.24) is 0 Å². The van der Waals surface area contributed by atoms with E-state index in [1.807, 2.05) is 6.92 Å². The molecule has 0 atom stereocenters. The number of hydrogen-bond donors (Lipinski definition) is 1. The van der Waals surface area contributed by atoms with Crippen LogP contribution in [0.3, 0.4) is 0 Å². The maximum Gasteiger partial charge on any atom is 0.0765 e. The van der Waals surface area contributed by atoms with Gasteiger partial charge in [-0.3, -0.25) is 0 Å². The van der Waals surface area contributed by atoms with Crippen molar-refractivity contribution >= 4 is 16.5 Å². The lowest BCUT2D eigenvalue weighted by Crippen LogP contribution is -1.97. The molecule has 1 N–H and O–H groups in total. The highest BCUT2D eigenvalue weighted by Crippen LogP contribution is 2.18. The molecule has 0 amide bonds. The van der Waals surface area contributed by atoms with Gasteiger partial charge < -0.3 is 5.32 Å². The van der Waals surface area contributed by atoms with E-state index in [0.717, 1.165) is 5.69 Å². The average molecular weight is 195 g/mol. The topological polar surface area (TPSA) is 12.0 Å². The normalized spacial score (nSPS) is 9.40. The summed E-state index contributed by atoms with van der Waals surface area (Å²) in [6, 6.07) is 14.7. The van der Waals surface area contributed by atoms with Gasteiger partial charge >= 0.3 is 0 Å². The van der Waals surface area contributed by atoms with Gasteiger partial charge in [0.25, 0.3) is 0 Å². The molecule has 2 aromatic carbocycles. The van der Waals surface area contributed by atoms with Gasteiger partial charge in [0.1, 0.15) is 0 Å². The van der Waals surface area contributed by atoms with Crippen LogP contribution >= 0.6 is 0 Å². The molecule has 0 aliphatic rings. The fourth-order valence-electron chi connectivity index (χ4n) is 1.53. The molecule has 2 aromatic rings. The van der Waals surface area contributed by atoms with Gasteiger partial charge in [0, 0.05) is 5.69 Å². The number of nitrogens with one attached hydrogen (secondary N) is 1. The molecule has 0 spiro atoms. The molecule has 0 unspecified atom stereocenters. The minimum absolute atomic E-state index is 0.703. The first kappa shape index (κ1) is 9.61. The van der Waals surface area contributed by atoms with E-state index in [1.54, 1.807) is 0 Å². The zero-order valence-electron chi connectivity index (χ0n) is 8.75. The molecule has 74 valence electrons. The first-order valence-corrected chi connectivity index (χ1v) is 5.02. The Bertz CT molecular complexity index is 517. The minimum Gasteiger partial charge on any atom is -0.374 e. The maximum atomic E-state index is 3.26. The molecule has 1 heteroatoms. The highest BCUT2D eigenvalue weighted by molar-refractivity contribution is 5.85. The molecule has 0 bridgehead atoms. The second-order valence-corrected chi connectivity index (χ2v) is 3.34. The molecule has 0 radical (unpaired) electrons. The van der Waals surface area contributed by atoms with Crippen LogP contribution in [0.25, 0.3) is 10.8 Å². The summed E-state index contributed by atoms with van der Waals surface area (Å²) in [5.41, 5.74) is 1.12. The van der Waals surface area contributed by atoms with Crippen LogP contribution < -0.4 is 5.32 Å². The molecule has 2 rings (SSSR count). The second-order valence-electron chi connectivity index (χ2n) is 3.34. The predicted molar refractivity (Wildman–Crippen MR) is 65.9 cm³/mol. The summed E-state index contributed by atoms with van der Waals surface area (Å²) in [6.07, 6.45) is 0. The van der Waals surface area contributed by atoms with E-state index in [4.69, 9.17) is 0 Å². The summed E-state index contributed by atoms with van der Waals surface area (Å²) in [5, 5.41) is 5.79. The Labute approximate surface area is 90.1 Å². The van der Waals surface area contributed by atoms with Crippen molar-refractivity contribution < 1.29 is 0 Å². The third-order valence-electron chi connectivity index (χ3n) is 2.31. The predicted octanol–water partition coefficient (Wildman–Crippen LogP) is 3.28. The van der Waals surface area contributed by atoms with Crippen LogP contribution in [0, 0.1) is 11.8 Å². The van der Waals surface area contributed by atoms with E-state index >= 15 is 0 Å². The van der Waals surface area contributed by atoms with Crippen LogP contribution in [0.5, 0.6) is 0 Å². The maximum absolute atomic E-state index is 3.26. The van der Waals surface area contributed by atoms with Crippen LogP contribution in [-0.4, -0.2) is 6.54 Å². The van der Waals surface area contributed by atoms with E-state index in [-0.39, 0.29) is 0 Å². The van der Waals surface area contributed by atoms with E-state index in [9.17, 15) is 0 Å². The summed E-state index contributed by atoms with van der Waals surface area (Å²) in [6.45, 7) is 2.55. The Kier molecular flexibility index (Phi) is 2.90. The van der Waals surface area contributed by atoms with Crippen LogP contribution in [0.1, 0.15) is 6.92 Å². The smallest absolute Gasteiger partial charge is 0.0765 e. The third kappa shape index (κ3) is 2.30. The molecule has 15 heavy (non-hydrogen) atoms. The lowest BCUT2D eigenvalue weighted by Gasteiger charge is -2.03. The Morgan fingerprint density at radius 1 is 1.07 bits per heavy atom. The van der Waals surface area contributed by atoms with E-state index in [1.165, 1.54) is 10.8 Å². The van der Waals surface area contributed by atoms with Gasteiger partial charge in [-0.1, -0.05) is 36.3 Å². The minimum atomic E-state index is 0.703. The molecule has 0 heterocycles. The molecule has 0 saturated carbocycles. The molecule has 0 aliphatic heterocycles. The Balaban J connectivity index is 2.25. The van der Waals surface area contributed by atoms with Crippen molar-refractivity contribution in [3.8, 4) is 11.8 Å². The van der Waals surface area contributed by atoms with Crippen molar-refractivity contribution in [2.45, 2.75) is 6.92 Å². The van der Waals surface area contributed by atoms with Crippen molar-refractivity contribution in [3.63, 3.8) is 0 Å². The van der Waals surface area contributed by atoms with Crippen molar-refractivity contribution in [1.29, 1.82) is 0 Å². The zero-order valence-corrected chi connectivity index (χ0v) is 8.75. The number of anilines is 1. The Morgan fingerprint density at radius 2 is 1.87 bits per heavy atom. The molecular weight excluding hydrogens is 182 g/mol. The van der Waals surface area contributed by atoms with E-state index in [2.05, 4.69) is 59.6 Å². The SMILES string of the molecule is CC#CCNc1ccc2ccccc2c1. The summed E-state index contributed by atoms with van der Waals surface area (Å²) in [4.78, 5) is 0. The lowest BCUT2D eigenvalue weighted by atomic mass is 10.1. The average Bonchev–Trinajstić information content (AvgIpc) is 2.29. The van der Waals surface area contributed by atoms with Gasteiger partial charge in [-0.2, -0.15) is 0 Å². The van der Waals surface area contributed by atoms with Crippen LogP contribution in [0.4, 0.5) is 5.69 Å². The summed E-state index contributed by atoms with van der Waals surface area (Å²) in [5.74, 6) is 5.85. The molecule has 0 fully saturated rings. The quantitative estimate of drug-likeness (QED) is 0.725. The number of rotatable bonds is 2. The van der Waals surface area contributed by atoms with E-state index < -0.39 is 0 Å². The Hall–Kier alpha value is -1.94. The van der Waals surface area contributed by atoms with Crippen LogP contribution in [0.15, 0.2) is 42.5 Å². The van der Waals surface area contributed by atoms with E-state index in [0.29, 0.717) is 6.54 Å². The first-order valence-electron chi connectivity index (χ1n) is 5.02. The fourth-order valence-corrected chi connectivity index (χ4v) is 1.53. The van der Waals surface area contributed by atoms with Gasteiger partial charge in [-0.05, 0) is 29.8 Å².